The quantitative estimate of drug-likeness (QED) is 0.742. The van der Waals surface area contributed by atoms with Crippen molar-refractivity contribution < 1.29 is 23.9 Å². The Labute approximate surface area is 151 Å². The van der Waals surface area contributed by atoms with E-state index < -0.39 is 11.9 Å². The first kappa shape index (κ1) is 19.0. The van der Waals surface area contributed by atoms with E-state index in [4.69, 9.17) is 4.74 Å². The third-order valence-corrected chi connectivity index (χ3v) is 3.43. The van der Waals surface area contributed by atoms with E-state index in [1.807, 2.05) is 6.92 Å². The summed E-state index contributed by atoms with van der Waals surface area (Å²) < 4.78 is 9.92. The van der Waals surface area contributed by atoms with Crippen LogP contribution in [0.15, 0.2) is 48.5 Å². The lowest BCUT2D eigenvalue weighted by atomic mass is 10.1. The standard InChI is InChI=1S/C19H20N2O5/c1-3-26-16-10-8-15(9-11-16)21-17(22)12-20-18(23)13-4-6-14(7-5-13)19(24)25-2/h4-11H,3,12H2,1-2H3,(H,20,23)(H,21,22). The van der Waals surface area contributed by atoms with Gasteiger partial charge in [-0.15, -0.1) is 0 Å². The molecule has 0 unspecified atom stereocenters. The summed E-state index contributed by atoms with van der Waals surface area (Å²) in [4.78, 5) is 35.3. The number of nitrogens with one attached hydrogen (secondary N) is 2. The molecule has 26 heavy (non-hydrogen) atoms. The van der Waals surface area contributed by atoms with E-state index in [1.54, 1.807) is 24.3 Å². The lowest BCUT2D eigenvalue weighted by molar-refractivity contribution is -0.115. The predicted molar refractivity (Wildman–Crippen MR) is 96.4 cm³/mol. The van der Waals surface area contributed by atoms with Crippen LogP contribution < -0.4 is 15.4 Å². The van der Waals surface area contributed by atoms with Crippen LogP contribution >= 0.6 is 0 Å². The second-order valence-electron chi connectivity index (χ2n) is 5.26. The summed E-state index contributed by atoms with van der Waals surface area (Å²) in [6.07, 6.45) is 0. The van der Waals surface area contributed by atoms with Gasteiger partial charge in [0, 0.05) is 11.3 Å². The molecular formula is C19H20N2O5. The Hall–Kier alpha value is -3.35. The van der Waals surface area contributed by atoms with Crippen molar-refractivity contribution in [3.05, 3.63) is 59.7 Å². The van der Waals surface area contributed by atoms with Gasteiger partial charge in [-0.05, 0) is 55.5 Å². The molecule has 0 aliphatic heterocycles. The van der Waals surface area contributed by atoms with Crippen LogP contribution in [0, 0.1) is 0 Å². The minimum Gasteiger partial charge on any atom is -0.494 e. The summed E-state index contributed by atoms with van der Waals surface area (Å²) in [5.74, 6) is -0.530. The zero-order valence-electron chi connectivity index (χ0n) is 14.6. The number of methoxy groups -OCH3 is 1. The molecule has 2 rings (SSSR count). The SMILES string of the molecule is CCOc1ccc(NC(=O)CNC(=O)c2ccc(C(=O)OC)cc2)cc1. The molecule has 136 valence electrons. The van der Waals surface area contributed by atoms with Crippen molar-refractivity contribution in [2.45, 2.75) is 6.92 Å². The van der Waals surface area contributed by atoms with Crippen LogP contribution in [0.25, 0.3) is 0 Å². The average Bonchev–Trinajstić information content (AvgIpc) is 2.67. The molecule has 2 amide bonds. The van der Waals surface area contributed by atoms with Gasteiger partial charge < -0.3 is 20.1 Å². The maximum Gasteiger partial charge on any atom is 0.337 e. The first-order valence-electron chi connectivity index (χ1n) is 8.02. The minimum atomic E-state index is -0.480. The fourth-order valence-corrected chi connectivity index (χ4v) is 2.14. The molecular weight excluding hydrogens is 336 g/mol. The number of hydrogen-bond donors (Lipinski definition) is 2. The summed E-state index contributed by atoms with van der Waals surface area (Å²) in [6, 6.07) is 12.9. The summed E-state index contributed by atoms with van der Waals surface area (Å²) in [7, 11) is 1.28. The van der Waals surface area contributed by atoms with Crippen LogP contribution in [0.4, 0.5) is 5.69 Å². The molecule has 0 bridgehead atoms. The van der Waals surface area contributed by atoms with E-state index in [-0.39, 0.29) is 12.5 Å². The highest BCUT2D eigenvalue weighted by Gasteiger charge is 2.10. The van der Waals surface area contributed by atoms with Gasteiger partial charge in [0.2, 0.25) is 5.91 Å². The van der Waals surface area contributed by atoms with Crippen molar-refractivity contribution in [3.63, 3.8) is 0 Å². The highest BCUT2D eigenvalue weighted by Crippen LogP contribution is 2.15. The molecule has 0 aromatic heterocycles. The number of benzene rings is 2. The Morgan fingerprint density at radius 2 is 1.54 bits per heavy atom. The van der Waals surface area contributed by atoms with Crippen molar-refractivity contribution in [1.82, 2.24) is 5.32 Å². The lowest BCUT2D eigenvalue weighted by Crippen LogP contribution is -2.32. The number of rotatable bonds is 7. The molecule has 0 heterocycles. The fraction of sp³-hybridized carbons (Fsp3) is 0.211. The number of esters is 1. The van der Waals surface area contributed by atoms with Gasteiger partial charge in [0.15, 0.2) is 0 Å². The molecule has 2 aromatic rings. The fourth-order valence-electron chi connectivity index (χ4n) is 2.14. The average molecular weight is 356 g/mol. The largest absolute Gasteiger partial charge is 0.494 e. The summed E-state index contributed by atoms with van der Waals surface area (Å²) >= 11 is 0. The third kappa shape index (κ3) is 5.34. The Morgan fingerprint density at radius 3 is 2.12 bits per heavy atom. The maximum absolute atomic E-state index is 12.0. The van der Waals surface area contributed by atoms with Gasteiger partial charge in [0.25, 0.3) is 5.91 Å². The minimum absolute atomic E-state index is 0.176. The Bertz CT molecular complexity index is 770. The Balaban J connectivity index is 1.84. The van der Waals surface area contributed by atoms with Crippen molar-refractivity contribution in [2.24, 2.45) is 0 Å². The Morgan fingerprint density at radius 1 is 0.923 bits per heavy atom. The first-order chi connectivity index (χ1) is 12.5. The van der Waals surface area contributed by atoms with Crippen molar-refractivity contribution in [3.8, 4) is 5.75 Å². The molecule has 0 aliphatic rings. The van der Waals surface area contributed by atoms with Gasteiger partial charge >= 0.3 is 5.97 Å². The number of amides is 2. The van der Waals surface area contributed by atoms with Crippen LogP contribution in [-0.2, 0) is 9.53 Å². The zero-order chi connectivity index (χ0) is 18.9. The summed E-state index contributed by atoms with van der Waals surface area (Å²) in [5.41, 5.74) is 1.29. The first-order valence-corrected chi connectivity index (χ1v) is 8.02. The molecule has 0 saturated carbocycles. The van der Waals surface area contributed by atoms with Gasteiger partial charge in [-0.1, -0.05) is 0 Å². The molecule has 2 aromatic carbocycles. The van der Waals surface area contributed by atoms with Crippen LogP contribution in [0.2, 0.25) is 0 Å². The van der Waals surface area contributed by atoms with E-state index in [9.17, 15) is 14.4 Å². The van der Waals surface area contributed by atoms with E-state index in [2.05, 4.69) is 15.4 Å². The van der Waals surface area contributed by atoms with Crippen molar-refractivity contribution in [2.75, 3.05) is 25.6 Å². The maximum atomic E-state index is 12.0. The van der Waals surface area contributed by atoms with Gasteiger partial charge in [0.05, 0.1) is 25.8 Å². The molecule has 0 fully saturated rings. The van der Waals surface area contributed by atoms with Gasteiger partial charge in [0.1, 0.15) is 5.75 Å². The second kappa shape index (κ2) is 9.22. The predicted octanol–water partition coefficient (Wildman–Crippen LogP) is 2.24. The van der Waals surface area contributed by atoms with Crippen LogP contribution in [0.3, 0.4) is 0 Å². The summed E-state index contributed by atoms with van der Waals surface area (Å²) in [5, 5.41) is 5.20. The number of carbonyl (C=O) groups excluding carboxylic acids is 3. The lowest BCUT2D eigenvalue weighted by Gasteiger charge is -2.08. The van der Waals surface area contributed by atoms with Crippen LogP contribution in [0.1, 0.15) is 27.6 Å². The molecule has 2 N–H and O–H groups in total. The highest BCUT2D eigenvalue weighted by atomic mass is 16.5. The number of ether oxygens (including phenoxy) is 2. The number of hydrogen-bond acceptors (Lipinski definition) is 5. The molecule has 7 nitrogen and oxygen atoms in total. The van der Waals surface area contributed by atoms with Crippen LogP contribution in [-0.4, -0.2) is 38.0 Å². The highest BCUT2D eigenvalue weighted by molar-refractivity contribution is 6.00. The van der Waals surface area contributed by atoms with E-state index in [0.29, 0.717) is 29.2 Å². The smallest absolute Gasteiger partial charge is 0.337 e. The third-order valence-electron chi connectivity index (χ3n) is 3.43. The molecule has 7 heteroatoms. The van der Waals surface area contributed by atoms with Gasteiger partial charge in [-0.2, -0.15) is 0 Å². The van der Waals surface area contributed by atoms with Gasteiger partial charge in [-0.25, -0.2) is 4.79 Å². The second-order valence-corrected chi connectivity index (χ2v) is 5.26. The summed E-state index contributed by atoms with van der Waals surface area (Å²) in [6.45, 7) is 2.28. The normalized spacial score (nSPS) is 9.92. The van der Waals surface area contributed by atoms with Gasteiger partial charge in [-0.3, -0.25) is 9.59 Å². The van der Waals surface area contributed by atoms with E-state index in [0.717, 1.165) is 0 Å². The number of carbonyl (C=O) groups is 3. The number of anilines is 1. The van der Waals surface area contributed by atoms with Crippen molar-refractivity contribution in [1.29, 1.82) is 0 Å². The molecule has 0 radical (unpaired) electrons. The van der Waals surface area contributed by atoms with E-state index >= 15 is 0 Å². The zero-order valence-corrected chi connectivity index (χ0v) is 14.6. The molecule has 0 atom stereocenters. The Kier molecular flexibility index (Phi) is 6.73. The monoisotopic (exact) mass is 356 g/mol. The van der Waals surface area contributed by atoms with E-state index in [1.165, 1.54) is 31.4 Å². The topological polar surface area (TPSA) is 93.7 Å². The van der Waals surface area contributed by atoms with Crippen LogP contribution in [0.5, 0.6) is 5.75 Å². The van der Waals surface area contributed by atoms with Crippen molar-refractivity contribution >= 4 is 23.5 Å². The molecule has 0 aliphatic carbocycles. The molecule has 0 spiro atoms. The molecule has 0 saturated heterocycles.